The molecule has 11 heavy (non-hydrogen) atoms. The highest BCUT2D eigenvalue weighted by Crippen LogP contribution is 2.10. The Labute approximate surface area is 70.1 Å². The second-order valence-electron chi connectivity index (χ2n) is 3.67. The monoisotopic (exact) mass is 159 g/mol. The molecule has 0 aliphatic carbocycles. The molecule has 0 radical (unpaired) electrons. The predicted molar refractivity (Wildman–Crippen MR) is 48.3 cm³/mol. The molecule has 0 amide bonds. The van der Waals surface area contributed by atoms with Crippen molar-refractivity contribution in [3.8, 4) is 0 Å². The highest BCUT2D eigenvalue weighted by molar-refractivity contribution is 4.60. The third-order valence-electron chi connectivity index (χ3n) is 1.47. The van der Waals surface area contributed by atoms with E-state index in [-0.39, 0.29) is 6.10 Å². The van der Waals surface area contributed by atoms with E-state index in [0.29, 0.717) is 0 Å². The van der Waals surface area contributed by atoms with Gasteiger partial charge in [0.2, 0.25) is 0 Å². The van der Waals surface area contributed by atoms with Crippen LogP contribution < -0.4 is 5.73 Å². The maximum absolute atomic E-state index is 5.69. The normalized spacial score (nSPS) is 15.0. The molecule has 0 rings (SSSR count). The van der Waals surface area contributed by atoms with Crippen LogP contribution in [-0.4, -0.2) is 11.8 Å². The first-order valence-corrected chi connectivity index (χ1v) is 4.42. The van der Waals surface area contributed by atoms with Gasteiger partial charge in [0.15, 0.2) is 0 Å². The fourth-order valence-corrected chi connectivity index (χ4v) is 1.07. The zero-order valence-corrected chi connectivity index (χ0v) is 8.18. The Balaban J connectivity index is 3.44. The summed E-state index contributed by atoms with van der Waals surface area (Å²) in [6.07, 6.45) is 3.84. The van der Waals surface area contributed by atoms with Crippen molar-refractivity contribution in [1.82, 2.24) is 0 Å². The SMILES string of the molecule is CCCCC(C)OC(C)(C)N. The number of unbranched alkanes of at least 4 members (excludes halogenated alkanes) is 1. The minimum Gasteiger partial charge on any atom is -0.359 e. The quantitative estimate of drug-likeness (QED) is 0.625. The predicted octanol–water partition coefficient (Wildman–Crippen LogP) is 2.28. The van der Waals surface area contributed by atoms with Crippen molar-refractivity contribution in [3.63, 3.8) is 0 Å². The summed E-state index contributed by atoms with van der Waals surface area (Å²) in [5.74, 6) is 0. The highest BCUT2D eigenvalue weighted by atomic mass is 16.5. The van der Waals surface area contributed by atoms with Crippen molar-refractivity contribution in [1.29, 1.82) is 0 Å². The molecule has 0 saturated heterocycles. The zero-order chi connectivity index (χ0) is 8.91. The van der Waals surface area contributed by atoms with E-state index in [1.54, 1.807) is 0 Å². The molecule has 0 aromatic heterocycles. The van der Waals surface area contributed by atoms with Crippen LogP contribution in [0.1, 0.15) is 47.0 Å². The van der Waals surface area contributed by atoms with Crippen LogP contribution in [0.4, 0.5) is 0 Å². The third-order valence-corrected chi connectivity index (χ3v) is 1.47. The fourth-order valence-electron chi connectivity index (χ4n) is 1.07. The van der Waals surface area contributed by atoms with E-state index < -0.39 is 5.72 Å². The van der Waals surface area contributed by atoms with Gasteiger partial charge in [-0.15, -0.1) is 0 Å². The van der Waals surface area contributed by atoms with E-state index in [1.165, 1.54) is 12.8 Å². The molecule has 0 heterocycles. The highest BCUT2D eigenvalue weighted by Gasteiger charge is 2.14. The lowest BCUT2D eigenvalue weighted by molar-refractivity contribution is -0.0628. The zero-order valence-electron chi connectivity index (χ0n) is 8.18. The number of hydrogen-bond donors (Lipinski definition) is 1. The summed E-state index contributed by atoms with van der Waals surface area (Å²) in [6.45, 7) is 8.02. The second-order valence-corrected chi connectivity index (χ2v) is 3.67. The average Bonchev–Trinajstić information content (AvgIpc) is 1.79. The number of hydrogen-bond acceptors (Lipinski definition) is 2. The van der Waals surface area contributed by atoms with Crippen molar-refractivity contribution < 1.29 is 4.74 Å². The van der Waals surface area contributed by atoms with Crippen LogP contribution in [0.15, 0.2) is 0 Å². The summed E-state index contributed by atoms with van der Waals surface area (Å²) in [4.78, 5) is 0. The molecule has 0 aliphatic heterocycles. The Bertz CT molecular complexity index is 96.2. The van der Waals surface area contributed by atoms with Crippen LogP contribution in [0.2, 0.25) is 0 Å². The maximum atomic E-state index is 5.69. The molecular weight excluding hydrogens is 138 g/mol. The molecule has 0 saturated carbocycles. The number of nitrogens with two attached hydrogens (primary N) is 1. The molecule has 0 fully saturated rings. The van der Waals surface area contributed by atoms with Gasteiger partial charge in [-0.3, -0.25) is 0 Å². The Hall–Kier alpha value is -0.0800. The summed E-state index contributed by atoms with van der Waals surface area (Å²) in [5.41, 5.74) is 5.21. The van der Waals surface area contributed by atoms with Gasteiger partial charge in [-0.05, 0) is 27.2 Å². The topological polar surface area (TPSA) is 35.2 Å². The summed E-state index contributed by atoms with van der Waals surface area (Å²) < 4.78 is 5.52. The maximum Gasteiger partial charge on any atom is 0.111 e. The van der Waals surface area contributed by atoms with Gasteiger partial charge in [-0.1, -0.05) is 19.8 Å². The van der Waals surface area contributed by atoms with Gasteiger partial charge in [0.25, 0.3) is 0 Å². The van der Waals surface area contributed by atoms with Crippen LogP contribution in [0.5, 0.6) is 0 Å². The van der Waals surface area contributed by atoms with Gasteiger partial charge < -0.3 is 10.5 Å². The molecule has 2 heteroatoms. The molecule has 0 spiro atoms. The minimum atomic E-state index is -0.479. The standard InChI is InChI=1S/C9H21NO/c1-5-6-7-8(2)11-9(3,4)10/h8H,5-7,10H2,1-4H3. The molecule has 2 nitrogen and oxygen atoms in total. The number of rotatable bonds is 5. The van der Waals surface area contributed by atoms with Crippen LogP contribution in [0.25, 0.3) is 0 Å². The third kappa shape index (κ3) is 7.82. The Kier molecular flexibility index (Phi) is 4.69. The molecule has 68 valence electrons. The van der Waals surface area contributed by atoms with E-state index >= 15 is 0 Å². The van der Waals surface area contributed by atoms with Crippen molar-refractivity contribution in [3.05, 3.63) is 0 Å². The first-order valence-electron chi connectivity index (χ1n) is 4.42. The lowest BCUT2D eigenvalue weighted by Gasteiger charge is -2.24. The van der Waals surface area contributed by atoms with Gasteiger partial charge in [-0.25, -0.2) is 0 Å². The molecule has 1 atom stereocenters. The Morgan fingerprint density at radius 1 is 1.45 bits per heavy atom. The van der Waals surface area contributed by atoms with Gasteiger partial charge in [0, 0.05) is 0 Å². The van der Waals surface area contributed by atoms with E-state index in [9.17, 15) is 0 Å². The largest absolute Gasteiger partial charge is 0.359 e. The van der Waals surface area contributed by atoms with Gasteiger partial charge in [-0.2, -0.15) is 0 Å². The fraction of sp³-hybridized carbons (Fsp3) is 1.00. The molecule has 1 unspecified atom stereocenters. The smallest absolute Gasteiger partial charge is 0.111 e. The summed E-state index contributed by atoms with van der Waals surface area (Å²) >= 11 is 0. The molecule has 2 N–H and O–H groups in total. The Morgan fingerprint density at radius 3 is 2.36 bits per heavy atom. The molecular formula is C9H21NO. The van der Waals surface area contributed by atoms with E-state index in [4.69, 9.17) is 10.5 Å². The summed E-state index contributed by atoms with van der Waals surface area (Å²) in [5, 5.41) is 0. The first-order chi connectivity index (χ1) is 4.95. The lowest BCUT2D eigenvalue weighted by atomic mass is 10.2. The average molecular weight is 159 g/mol. The number of ether oxygens (including phenoxy) is 1. The summed E-state index contributed by atoms with van der Waals surface area (Å²) in [7, 11) is 0. The molecule has 0 aliphatic rings. The van der Waals surface area contributed by atoms with E-state index in [0.717, 1.165) is 6.42 Å². The molecule has 0 aromatic rings. The minimum absolute atomic E-state index is 0.287. The van der Waals surface area contributed by atoms with Crippen LogP contribution in [-0.2, 0) is 4.74 Å². The molecule has 0 aromatic carbocycles. The van der Waals surface area contributed by atoms with Gasteiger partial charge in [0.1, 0.15) is 5.72 Å². The molecule has 0 bridgehead atoms. The van der Waals surface area contributed by atoms with E-state index in [1.807, 2.05) is 13.8 Å². The first kappa shape index (κ1) is 10.9. The van der Waals surface area contributed by atoms with Crippen LogP contribution >= 0.6 is 0 Å². The van der Waals surface area contributed by atoms with Crippen molar-refractivity contribution in [2.24, 2.45) is 5.73 Å². The summed E-state index contributed by atoms with van der Waals surface area (Å²) in [6, 6.07) is 0. The van der Waals surface area contributed by atoms with E-state index in [2.05, 4.69) is 13.8 Å². The van der Waals surface area contributed by atoms with Crippen molar-refractivity contribution in [2.45, 2.75) is 58.8 Å². The Morgan fingerprint density at radius 2 is 2.00 bits per heavy atom. The second kappa shape index (κ2) is 4.73. The van der Waals surface area contributed by atoms with Crippen LogP contribution in [0, 0.1) is 0 Å². The van der Waals surface area contributed by atoms with Gasteiger partial charge >= 0.3 is 0 Å². The lowest BCUT2D eigenvalue weighted by Crippen LogP contribution is -2.38. The van der Waals surface area contributed by atoms with Gasteiger partial charge in [0.05, 0.1) is 6.10 Å². The van der Waals surface area contributed by atoms with Crippen molar-refractivity contribution in [2.75, 3.05) is 0 Å². The van der Waals surface area contributed by atoms with Crippen LogP contribution in [0.3, 0.4) is 0 Å². The van der Waals surface area contributed by atoms with Crippen molar-refractivity contribution >= 4 is 0 Å².